The van der Waals surface area contributed by atoms with Gasteiger partial charge in [0.2, 0.25) is 0 Å². The molecule has 7 heteroatoms. The number of ketones is 1. The van der Waals surface area contributed by atoms with Gasteiger partial charge in [0.05, 0.1) is 12.8 Å². The van der Waals surface area contributed by atoms with Crippen LogP contribution in [0.4, 0.5) is 0 Å². The van der Waals surface area contributed by atoms with Crippen molar-refractivity contribution in [2.45, 2.75) is 6.92 Å². The topological polar surface area (TPSA) is 101 Å². The Kier molecular flexibility index (Phi) is 5.80. The lowest BCUT2D eigenvalue weighted by molar-refractivity contribution is -0.139. The molecule has 0 aromatic heterocycles. The van der Waals surface area contributed by atoms with E-state index in [0.717, 1.165) is 0 Å². The van der Waals surface area contributed by atoms with E-state index in [1.54, 1.807) is 25.1 Å². The zero-order valence-corrected chi connectivity index (χ0v) is 11.1. The molecule has 1 aromatic carbocycles. The minimum atomic E-state index is -0.988. The van der Waals surface area contributed by atoms with Crippen molar-refractivity contribution in [3.05, 3.63) is 40.9 Å². The van der Waals surface area contributed by atoms with Gasteiger partial charge in [-0.3, -0.25) is 4.79 Å². The first-order chi connectivity index (χ1) is 9.65. The quantitative estimate of drug-likeness (QED) is 0.147. The van der Waals surface area contributed by atoms with Crippen molar-refractivity contribution in [1.29, 1.82) is 0 Å². The molecule has 1 rings (SSSR count). The molecule has 0 heterocycles. The van der Waals surface area contributed by atoms with Crippen LogP contribution in [0.3, 0.4) is 0 Å². The highest BCUT2D eigenvalue weighted by atomic mass is 16.6. The second kappa shape index (κ2) is 7.60. The minimum Gasteiger partial charge on any atom is -0.457 e. The lowest BCUT2D eigenvalue weighted by atomic mass is 10.0. The number of carbonyl (C=O) groups is 2. The number of hydrogen-bond acceptors (Lipinski definition) is 5. The van der Waals surface area contributed by atoms with Crippen LogP contribution in [0.2, 0.25) is 0 Å². The number of carbonyl (C=O) groups excluding carboxylic acids is 2. The number of esters is 1. The second-order valence-electron chi connectivity index (χ2n) is 3.50. The van der Waals surface area contributed by atoms with Crippen LogP contribution < -0.4 is 0 Å². The van der Waals surface area contributed by atoms with E-state index in [1.165, 1.54) is 19.4 Å². The molecular weight excluding hydrogens is 262 g/mol. The predicted molar refractivity (Wildman–Crippen MR) is 70.6 cm³/mol. The van der Waals surface area contributed by atoms with Crippen LogP contribution in [0, 0.1) is 0 Å². The number of ether oxygens (including phenoxy) is 1. The van der Waals surface area contributed by atoms with Crippen molar-refractivity contribution in [2.75, 3.05) is 13.7 Å². The van der Waals surface area contributed by atoms with Crippen LogP contribution in [-0.2, 0) is 14.4 Å². The Morgan fingerprint density at radius 1 is 1.40 bits per heavy atom. The van der Waals surface area contributed by atoms with Gasteiger partial charge in [0.25, 0.3) is 5.78 Å². The van der Waals surface area contributed by atoms with Crippen LogP contribution in [0.1, 0.15) is 22.8 Å². The van der Waals surface area contributed by atoms with Gasteiger partial charge in [-0.15, -0.1) is 0 Å². The molecule has 0 N–H and O–H groups in total. The van der Waals surface area contributed by atoms with Gasteiger partial charge in [-0.2, -0.15) is 4.79 Å². The number of oxime groups is 1. The lowest BCUT2D eigenvalue weighted by Crippen LogP contribution is -2.28. The summed E-state index contributed by atoms with van der Waals surface area (Å²) in [6, 6.07) is 6.38. The first-order valence-electron chi connectivity index (χ1n) is 5.75. The molecule has 1 aromatic rings. The van der Waals surface area contributed by atoms with E-state index in [0.29, 0.717) is 5.56 Å². The maximum Gasteiger partial charge on any atom is 0.446 e. The van der Waals surface area contributed by atoms with Crippen molar-refractivity contribution in [3.63, 3.8) is 0 Å². The molecule has 0 aliphatic heterocycles. The molecular formula is C13H13N3O4. The Bertz CT molecular complexity index is 589. The number of benzene rings is 1. The van der Waals surface area contributed by atoms with E-state index in [9.17, 15) is 9.59 Å². The number of Topliss-reactive ketones (excluding diaryl/α,β-unsaturated/α-hetero) is 1. The molecule has 0 spiro atoms. The van der Waals surface area contributed by atoms with Crippen molar-refractivity contribution in [3.8, 4) is 0 Å². The van der Waals surface area contributed by atoms with E-state index in [4.69, 9.17) is 5.53 Å². The molecule has 0 radical (unpaired) electrons. The van der Waals surface area contributed by atoms with Crippen LogP contribution in [0.5, 0.6) is 0 Å². The molecule has 20 heavy (non-hydrogen) atoms. The third kappa shape index (κ3) is 3.60. The van der Waals surface area contributed by atoms with Crippen molar-refractivity contribution in [2.24, 2.45) is 5.16 Å². The summed E-state index contributed by atoms with van der Waals surface area (Å²) in [5.41, 5.74) is 8.71. The predicted octanol–water partition coefficient (Wildman–Crippen LogP) is 1.08. The van der Waals surface area contributed by atoms with Crippen molar-refractivity contribution in [1.82, 2.24) is 0 Å². The smallest absolute Gasteiger partial charge is 0.446 e. The fourth-order valence-corrected chi connectivity index (χ4v) is 1.43. The molecule has 0 saturated heterocycles. The van der Waals surface area contributed by atoms with Gasteiger partial charge < -0.3 is 15.1 Å². The zero-order valence-electron chi connectivity index (χ0n) is 11.1. The first kappa shape index (κ1) is 15.3. The van der Waals surface area contributed by atoms with E-state index < -0.39 is 17.5 Å². The third-order valence-corrected chi connectivity index (χ3v) is 2.29. The average Bonchev–Trinajstić information content (AvgIpc) is 2.46. The first-order valence-corrected chi connectivity index (χ1v) is 5.75. The molecule has 0 amide bonds. The SMILES string of the molecule is CCOC(=O)C(=[N+]=[N-])C(=O)c1ccccc1/C=N/OC. The molecule has 7 nitrogen and oxygen atoms in total. The third-order valence-electron chi connectivity index (χ3n) is 2.29. The fraction of sp³-hybridized carbons (Fsp3) is 0.231. The van der Waals surface area contributed by atoms with Gasteiger partial charge in [0.1, 0.15) is 7.11 Å². The highest BCUT2D eigenvalue weighted by Crippen LogP contribution is 2.08. The van der Waals surface area contributed by atoms with Crippen LogP contribution in [-0.4, -0.2) is 42.2 Å². The Morgan fingerprint density at radius 2 is 2.10 bits per heavy atom. The fourth-order valence-electron chi connectivity index (χ4n) is 1.43. The largest absolute Gasteiger partial charge is 0.457 e. The summed E-state index contributed by atoms with van der Waals surface area (Å²) in [5.74, 6) is -1.75. The zero-order chi connectivity index (χ0) is 15.0. The molecule has 0 aliphatic carbocycles. The molecule has 0 fully saturated rings. The number of nitrogens with zero attached hydrogens (tertiary/aromatic N) is 3. The average molecular weight is 275 g/mol. The van der Waals surface area contributed by atoms with E-state index >= 15 is 0 Å². The summed E-state index contributed by atoms with van der Waals surface area (Å²) in [6.45, 7) is 1.65. The number of hydrogen-bond donors (Lipinski definition) is 0. The monoisotopic (exact) mass is 275 g/mol. The summed E-state index contributed by atoms with van der Waals surface area (Å²) < 4.78 is 4.65. The summed E-state index contributed by atoms with van der Waals surface area (Å²) in [5, 5.41) is 3.56. The maximum absolute atomic E-state index is 12.2. The van der Waals surface area contributed by atoms with Crippen LogP contribution >= 0.6 is 0 Å². The van der Waals surface area contributed by atoms with E-state index in [1.807, 2.05) is 0 Å². The summed E-state index contributed by atoms with van der Waals surface area (Å²) in [7, 11) is 1.36. The van der Waals surface area contributed by atoms with Gasteiger partial charge >= 0.3 is 11.7 Å². The Labute approximate surface area is 115 Å². The van der Waals surface area contributed by atoms with Crippen molar-refractivity contribution >= 4 is 23.7 Å². The van der Waals surface area contributed by atoms with Gasteiger partial charge in [0, 0.05) is 11.1 Å². The Morgan fingerprint density at radius 3 is 2.70 bits per heavy atom. The lowest BCUT2D eigenvalue weighted by Gasteiger charge is -2.01. The number of rotatable bonds is 6. The van der Waals surface area contributed by atoms with Crippen molar-refractivity contribution < 1.29 is 24.0 Å². The van der Waals surface area contributed by atoms with Gasteiger partial charge in [-0.1, -0.05) is 29.4 Å². The van der Waals surface area contributed by atoms with Gasteiger partial charge in [-0.05, 0) is 6.92 Å². The maximum atomic E-state index is 12.2. The normalized spacial score (nSPS) is 9.90. The summed E-state index contributed by atoms with van der Waals surface area (Å²) >= 11 is 0. The molecule has 104 valence electrons. The Hall–Kier alpha value is -2.79. The second-order valence-corrected chi connectivity index (χ2v) is 3.50. The molecule has 0 unspecified atom stereocenters. The van der Waals surface area contributed by atoms with Crippen LogP contribution in [0.15, 0.2) is 29.4 Å². The van der Waals surface area contributed by atoms with E-state index in [2.05, 4.69) is 19.5 Å². The standard InChI is InChI=1S/C13H13N3O4/c1-3-20-13(18)11(16-14)12(17)10-7-5-4-6-9(10)8-15-19-2/h4-8H,3H2,1-2H3/b15-8+. The van der Waals surface area contributed by atoms with Gasteiger partial charge in [0.15, 0.2) is 0 Å². The van der Waals surface area contributed by atoms with Gasteiger partial charge in [-0.25, -0.2) is 4.79 Å². The summed E-state index contributed by atoms with van der Waals surface area (Å²) in [6.07, 6.45) is 1.31. The highest BCUT2D eigenvalue weighted by Gasteiger charge is 2.33. The molecule has 0 atom stereocenters. The highest BCUT2D eigenvalue weighted by molar-refractivity contribution is 6.66. The summed E-state index contributed by atoms with van der Waals surface area (Å²) in [4.78, 5) is 31.0. The Balaban J connectivity index is 3.17. The van der Waals surface area contributed by atoms with Crippen LogP contribution in [0.25, 0.3) is 5.53 Å². The molecule has 0 aliphatic rings. The molecule has 0 bridgehead atoms. The van der Waals surface area contributed by atoms with E-state index in [-0.39, 0.29) is 12.2 Å². The molecule has 0 saturated carbocycles. The minimum absolute atomic E-state index is 0.0674.